The van der Waals surface area contributed by atoms with E-state index in [0.29, 0.717) is 10.7 Å². The molecule has 0 bridgehead atoms. The Morgan fingerprint density at radius 3 is 2.86 bits per heavy atom. The van der Waals surface area contributed by atoms with Gasteiger partial charge in [0.25, 0.3) is 5.91 Å². The summed E-state index contributed by atoms with van der Waals surface area (Å²) >= 11 is 6.18. The standard InChI is InChI=1S/C17H17ClN2O/c1-11-5-2-8-14(18)16(11)20-17(21)13-6-3-9-15-12(13)7-4-10-19-15/h2-3,5-6,8-9,19H,4,7,10H2,1H3,(H,20,21). The predicted molar refractivity (Wildman–Crippen MR) is 87.4 cm³/mol. The van der Waals surface area contributed by atoms with Crippen molar-refractivity contribution in [1.82, 2.24) is 0 Å². The van der Waals surface area contributed by atoms with Crippen LogP contribution in [-0.2, 0) is 6.42 Å². The van der Waals surface area contributed by atoms with E-state index < -0.39 is 0 Å². The van der Waals surface area contributed by atoms with Gasteiger partial charge >= 0.3 is 0 Å². The second-order valence-electron chi connectivity index (χ2n) is 5.25. The number of carbonyl (C=O) groups is 1. The van der Waals surface area contributed by atoms with E-state index in [2.05, 4.69) is 10.6 Å². The number of rotatable bonds is 2. The number of hydrogen-bond acceptors (Lipinski definition) is 2. The summed E-state index contributed by atoms with van der Waals surface area (Å²) in [5, 5.41) is 6.85. The Bertz CT molecular complexity index is 677. The lowest BCUT2D eigenvalue weighted by Crippen LogP contribution is -2.19. The van der Waals surface area contributed by atoms with Gasteiger partial charge in [0, 0.05) is 17.8 Å². The third kappa shape index (κ3) is 2.74. The first-order valence-electron chi connectivity index (χ1n) is 7.09. The van der Waals surface area contributed by atoms with E-state index in [1.165, 1.54) is 0 Å². The maximum atomic E-state index is 12.6. The largest absolute Gasteiger partial charge is 0.385 e. The number of halogens is 1. The minimum atomic E-state index is -0.105. The molecule has 0 saturated heterocycles. The minimum Gasteiger partial charge on any atom is -0.385 e. The smallest absolute Gasteiger partial charge is 0.256 e. The number of nitrogens with one attached hydrogen (secondary N) is 2. The maximum absolute atomic E-state index is 12.6. The fourth-order valence-corrected chi connectivity index (χ4v) is 2.96. The molecule has 4 heteroatoms. The number of amides is 1. The number of carbonyl (C=O) groups excluding carboxylic acids is 1. The van der Waals surface area contributed by atoms with Crippen LogP contribution in [0.4, 0.5) is 11.4 Å². The van der Waals surface area contributed by atoms with Crippen molar-refractivity contribution in [2.75, 3.05) is 17.2 Å². The molecule has 0 saturated carbocycles. The normalized spacial score (nSPS) is 13.2. The van der Waals surface area contributed by atoms with Crippen molar-refractivity contribution in [2.45, 2.75) is 19.8 Å². The van der Waals surface area contributed by atoms with E-state index in [9.17, 15) is 4.79 Å². The van der Waals surface area contributed by atoms with Crippen molar-refractivity contribution in [1.29, 1.82) is 0 Å². The molecule has 1 amide bonds. The van der Waals surface area contributed by atoms with Gasteiger partial charge in [-0.2, -0.15) is 0 Å². The van der Waals surface area contributed by atoms with Gasteiger partial charge in [-0.25, -0.2) is 0 Å². The second-order valence-corrected chi connectivity index (χ2v) is 5.66. The molecule has 108 valence electrons. The molecular formula is C17H17ClN2O. The molecule has 2 aromatic carbocycles. The topological polar surface area (TPSA) is 41.1 Å². The zero-order valence-electron chi connectivity index (χ0n) is 11.9. The van der Waals surface area contributed by atoms with E-state index in [4.69, 9.17) is 11.6 Å². The summed E-state index contributed by atoms with van der Waals surface area (Å²) in [4.78, 5) is 12.6. The Morgan fingerprint density at radius 2 is 2.05 bits per heavy atom. The Morgan fingerprint density at radius 1 is 1.24 bits per heavy atom. The Hall–Kier alpha value is -2.00. The number of para-hydroxylation sites is 1. The van der Waals surface area contributed by atoms with Crippen LogP contribution < -0.4 is 10.6 Å². The zero-order valence-corrected chi connectivity index (χ0v) is 12.6. The van der Waals surface area contributed by atoms with Gasteiger partial charge in [-0.1, -0.05) is 29.8 Å². The van der Waals surface area contributed by atoms with Crippen molar-refractivity contribution < 1.29 is 4.79 Å². The number of aryl methyl sites for hydroxylation is 1. The summed E-state index contributed by atoms with van der Waals surface area (Å²) in [6.07, 6.45) is 1.97. The van der Waals surface area contributed by atoms with Gasteiger partial charge in [0.1, 0.15) is 0 Å². The highest BCUT2D eigenvalue weighted by molar-refractivity contribution is 6.34. The number of hydrogen-bond donors (Lipinski definition) is 2. The van der Waals surface area contributed by atoms with Crippen molar-refractivity contribution in [2.24, 2.45) is 0 Å². The van der Waals surface area contributed by atoms with Crippen molar-refractivity contribution >= 4 is 28.9 Å². The first-order valence-corrected chi connectivity index (χ1v) is 7.47. The van der Waals surface area contributed by atoms with E-state index in [1.54, 1.807) is 6.07 Å². The molecule has 0 aromatic heterocycles. The van der Waals surface area contributed by atoms with Gasteiger partial charge < -0.3 is 10.6 Å². The Balaban J connectivity index is 1.93. The molecule has 3 rings (SSSR count). The van der Waals surface area contributed by atoms with Crippen LogP contribution in [0.2, 0.25) is 5.02 Å². The summed E-state index contributed by atoms with van der Waals surface area (Å²) in [6.45, 7) is 2.89. The van der Waals surface area contributed by atoms with Gasteiger partial charge in [-0.3, -0.25) is 4.79 Å². The van der Waals surface area contributed by atoms with Crippen LogP contribution in [0.1, 0.15) is 27.9 Å². The molecule has 2 N–H and O–H groups in total. The maximum Gasteiger partial charge on any atom is 0.256 e. The molecule has 0 aliphatic carbocycles. The summed E-state index contributed by atoms with van der Waals surface area (Å²) in [6, 6.07) is 11.4. The highest BCUT2D eigenvalue weighted by Gasteiger charge is 2.18. The monoisotopic (exact) mass is 300 g/mol. The highest BCUT2D eigenvalue weighted by atomic mass is 35.5. The summed E-state index contributed by atoms with van der Waals surface area (Å²) in [5.74, 6) is -0.105. The summed E-state index contributed by atoms with van der Waals surface area (Å²) < 4.78 is 0. The fraction of sp³-hybridized carbons (Fsp3) is 0.235. The molecular weight excluding hydrogens is 284 g/mol. The quantitative estimate of drug-likeness (QED) is 0.870. The number of fused-ring (bicyclic) bond motifs is 1. The zero-order chi connectivity index (χ0) is 14.8. The van der Waals surface area contributed by atoms with E-state index in [0.717, 1.165) is 41.8 Å². The predicted octanol–water partition coefficient (Wildman–Crippen LogP) is 4.26. The number of anilines is 2. The SMILES string of the molecule is Cc1cccc(Cl)c1NC(=O)c1cccc2c1CCCN2. The van der Waals surface area contributed by atoms with Crippen LogP contribution in [-0.4, -0.2) is 12.5 Å². The van der Waals surface area contributed by atoms with Gasteiger partial charge in [0.05, 0.1) is 10.7 Å². The molecule has 2 aromatic rings. The molecule has 0 unspecified atom stereocenters. The fourth-order valence-electron chi connectivity index (χ4n) is 2.69. The lowest BCUT2D eigenvalue weighted by atomic mass is 9.97. The molecule has 0 radical (unpaired) electrons. The van der Waals surface area contributed by atoms with Crippen LogP contribution in [0.5, 0.6) is 0 Å². The van der Waals surface area contributed by atoms with Gasteiger partial charge in [0.15, 0.2) is 0 Å². The van der Waals surface area contributed by atoms with Crippen molar-refractivity contribution in [3.8, 4) is 0 Å². The lowest BCUT2D eigenvalue weighted by molar-refractivity contribution is 0.102. The summed E-state index contributed by atoms with van der Waals surface area (Å²) in [5.41, 5.74) is 4.51. The van der Waals surface area contributed by atoms with Gasteiger partial charge in [-0.05, 0) is 49.1 Å². The summed E-state index contributed by atoms with van der Waals surface area (Å²) in [7, 11) is 0. The molecule has 0 fully saturated rings. The van der Waals surface area contributed by atoms with Crippen LogP contribution in [0.25, 0.3) is 0 Å². The highest BCUT2D eigenvalue weighted by Crippen LogP contribution is 2.29. The minimum absolute atomic E-state index is 0.105. The second kappa shape index (κ2) is 5.78. The Labute approximate surface area is 129 Å². The third-order valence-electron chi connectivity index (χ3n) is 3.80. The van der Waals surface area contributed by atoms with Crippen LogP contribution in [0.15, 0.2) is 36.4 Å². The molecule has 21 heavy (non-hydrogen) atoms. The average molecular weight is 301 g/mol. The number of benzene rings is 2. The Kier molecular flexibility index (Phi) is 3.84. The van der Waals surface area contributed by atoms with Crippen LogP contribution in [0, 0.1) is 6.92 Å². The first-order chi connectivity index (χ1) is 10.2. The van der Waals surface area contributed by atoms with Crippen molar-refractivity contribution in [3.63, 3.8) is 0 Å². The van der Waals surface area contributed by atoms with Gasteiger partial charge in [0.2, 0.25) is 0 Å². The van der Waals surface area contributed by atoms with E-state index in [1.807, 2.05) is 37.3 Å². The van der Waals surface area contributed by atoms with E-state index in [-0.39, 0.29) is 5.91 Å². The third-order valence-corrected chi connectivity index (χ3v) is 4.12. The molecule has 0 atom stereocenters. The first kappa shape index (κ1) is 14.0. The van der Waals surface area contributed by atoms with E-state index >= 15 is 0 Å². The van der Waals surface area contributed by atoms with Crippen molar-refractivity contribution in [3.05, 3.63) is 58.1 Å². The lowest BCUT2D eigenvalue weighted by Gasteiger charge is -2.21. The van der Waals surface area contributed by atoms with Crippen LogP contribution in [0.3, 0.4) is 0 Å². The van der Waals surface area contributed by atoms with Gasteiger partial charge in [-0.15, -0.1) is 0 Å². The van der Waals surface area contributed by atoms with Crippen LogP contribution >= 0.6 is 11.6 Å². The molecule has 1 heterocycles. The average Bonchev–Trinajstić information content (AvgIpc) is 2.50. The molecule has 0 spiro atoms. The molecule has 1 aliphatic rings. The molecule has 1 aliphatic heterocycles. The molecule has 3 nitrogen and oxygen atoms in total.